The van der Waals surface area contributed by atoms with E-state index in [1.54, 1.807) is 18.2 Å². The quantitative estimate of drug-likeness (QED) is 0.611. The minimum atomic E-state index is -1.22. The van der Waals surface area contributed by atoms with Crippen LogP contribution in [0.3, 0.4) is 0 Å². The van der Waals surface area contributed by atoms with Crippen LogP contribution in [0, 0.1) is 0 Å². The smallest absolute Gasteiger partial charge is 0.337 e. The van der Waals surface area contributed by atoms with Gasteiger partial charge in [-0.05, 0) is 36.4 Å². The van der Waals surface area contributed by atoms with Crippen LogP contribution in [-0.4, -0.2) is 36.1 Å². The van der Waals surface area contributed by atoms with Gasteiger partial charge in [0.05, 0.1) is 11.3 Å². The van der Waals surface area contributed by atoms with E-state index in [0.717, 1.165) is 4.47 Å². The van der Waals surface area contributed by atoms with Gasteiger partial charge in [-0.1, -0.05) is 33.6 Å². The number of nitrogens with one attached hydrogen (secondary N) is 2. The summed E-state index contributed by atoms with van der Waals surface area (Å²) in [7, 11) is 0. The van der Waals surface area contributed by atoms with Crippen LogP contribution in [-0.2, 0) is 14.3 Å². The highest BCUT2D eigenvalue weighted by Crippen LogP contribution is 2.20. The minimum Gasteiger partial charge on any atom is -0.478 e. The number of carboxylic acids is 1. The molecule has 7 nitrogen and oxygen atoms in total. The van der Waals surface area contributed by atoms with E-state index < -0.39 is 24.4 Å². The van der Waals surface area contributed by atoms with E-state index in [1.807, 2.05) is 6.07 Å². The van der Waals surface area contributed by atoms with E-state index in [4.69, 9.17) is 21.4 Å². The Hall–Kier alpha value is -2.42. The van der Waals surface area contributed by atoms with Crippen LogP contribution in [0.15, 0.2) is 46.9 Å². The molecule has 0 aliphatic rings. The molecule has 0 aliphatic heterocycles. The molecule has 9 heteroatoms. The van der Waals surface area contributed by atoms with Crippen LogP contribution in [0.2, 0.25) is 5.02 Å². The zero-order valence-corrected chi connectivity index (χ0v) is 15.6. The largest absolute Gasteiger partial charge is 0.478 e. The fraction of sp³-hybridized carbons (Fsp3) is 0.118. The lowest BCUT2D eigenvalue weighted by molar-refractivity contribution is -0.125. The van der Waals surface area contributed by atoms with E-state index in [0.29, 0.717) is 5.69 Å². The van der Waals surface area contributed by atoms with Gasteiger partial charge in [0, 0.05) is 15.2 Å². The third kappa shape index (κ3) is 6.14. The Morgan fingerprint density at radius 2 is 1.73 bits per heavy atom. The summed E-state index contributed by atoms with van der Waals surface area (Å²) in [6.45, 7) is -0.736. The SMILES string of the molecule is O=C(COCC(=O)Nc1ccc(Cl)cc1C(=O)O)Nc1cccc(Br)c1. The molecule has 0 saturated heterocycles. The Kier molecular flexibility index (Phi) is 7.14. The Balaban J connectivity index is 1.82. The number of hydrogen-bond acceptors (Lipinski definition) is 4. The lowest BCUT2D eigenvalue weighted by atomic mass is 10.2. The van der Waals surface area contributed by atoms with Crippen molar-refractivity contribution in [3.8, 4) is 0 Å². The van der Waals surface area contributed by atoms with Crippen molar-refractivity contribution in [3.05, 3.63) is 57.5 Å². The molecule has 2 amide bonds. The fourth-order valence-electron chi connectivity index (χ4n) is 1.99. The summed E-state index contributed by atoms with van der Waals surface area (Å²) in [6.07, 6.45) is 0. The maximum atomic E-state index is 11.9. The molecule has 0 fully saturated rings. The number of carbonyl (C=O) groups is 3. The summed E-state index contributed by atoms with van der Waals surface area (Å²) < 4.78 is 5.86. The number of amides is 2. The lowest BCUT2D eigenvalue weighted by Crippen LogP contribution is -2.24. The molecule has 0 heterocycles. The number of anilines is 2. The van der Waals surface area contributed by atoms with Gasteiger partial charge in [-0.2, -0.15) is 0 Å². The second kappa shape index (κ2) is 9.33. The van der Waals surface area contributed by atoms with Gasteiger partial charge in [-0.25, -0.2) is 4.79 Å². The maximum Gasteiger partial charge on any atom is 0.337 e. The van der Waals surface area contributed by atoms with Crippen molar-refractivity contribution in [3.63, 3.8) is 0 Å². The highest BCUT2D eigenvalue weighted by Gasteiger charge is 2.13. The Labute approximate surface area is 162 Å². The molecule has 26 heavy (non-hydrogen) atoms. The van der Waals surface area contributed by atoms with Gasteiger partial charge in [-0.15, -0.1) is 0 Å². The molecule has 0 unspecified atom stereocenters. The van der Waals surface area contributed by atoms with Gasteiger partial charge in [0.15, 0.2) is 0 Å². The average molecular weight is 442 g/mol. The van der Waals surface area contributed by atoms with Crippen molar-refractivity contribution in [2.45, 2.75) is 0 Å². The Morgan fingerprint density at radius 3 is 2.38 bits per heavy atom. The first-order chi connectivity index (χ1) is 12.3. The second-order valence-electron chi connectivity index (χ2n) is 5.09. The molecule has 136 valence electrons. The third-order valence-electron chi connectivity index (χ3n) is 3.06. The van der Waals surface area contributed by atoms with E-state index in [-0.39, 0.29) is 22.9 Å². The molecular weight excluding hydrogens is 428 g/mol. The summed E-state index contributed by atoms with van der Waals surface area (Å²) in [5.74, 6) is -2.24. The Bertz CT molecular complexity index is 844. The fourth-order valence-corrected chi connectivity index (χ4v) is 2.56. The van der Waals surface area contributed by atoms with Crippen molar-refractivity contribution in [1.82, 2.24) is 0 Å². The number of aromatic carboxylic acids is 1. The lowest BCUT2D eigenvalue weighted by Gasteiger charge is -2.10. The van der Waals surface area contributed by atoms with Crippen molar-refractivity contribution in [2.24, 2.45) is 0 Å². The second-order valence-corrected chi connectivity index (χ2v) is 6.45. The first-order valence-corrected chi connectivity index (χ1v) is 8.48. The Morgan fingerprint density at radius 1 is 1.04 bits per heavy atom. The van der Waals surface area contributed by atoms with Gasteiger partial charge in [0.2, 0.25) is 11.8 Å². The van der Waals surface area contributed by atoms with E-state index in [1.165, 1.54) is 18.2 Å². The average Bonchev–Trinajstić information content (AvgIpc) is 2.56. The molecule has 0 aliphatic carbocycles. The third-order valence-corrected chi connectivity index (χ3v) is 3.79. The molecule has 0 aromatic heterocycles. The molecule has 2 rings (SSSR count). The molecule has 0 radical (unpaired) electrons. The normalized spacial score (nSPS) is 10.2. The van der Waals surface area contributed by atoms with Crippen LogP contribution in [0.25, 0.3) is 0 Å². The van der Waals surface area contributed by atoms with Gasteiger partial charge in [-0.3, -0.25) is 9.59 Å². The predicted molar refractivity (Wildman–Crippen MR) is 101 cm³/mol. The van der Waals surface area contributed by atoms with E-state index in [9.17, 15) is 14.4 Å². The number of halogens is 2. The highest BCUT2D eigenvalue weighted by atomic mass is 79.9. The van der Waals surface area contributed by atoms with Crippen LogP contribution in [0.4, 0.5) is 11.4 Å². The zero-order chi connectivity index (χ0) is 19.1. The van der Waals surface area contributed by atoms with Crippen LogP contribution in [0.5, 0.6) is 0 Å². The van der Waals surface area contributed by atoms with Crippen molar-refractivity contribution in [2.75, 3.05) is 23.8 Å². The van der Waals surface area contributed by atoms with Gasteiger partial charge in [0.1, 0.15) is 13.2 Å². The van der Waals surface area contributed by atoms with Crippen LogP contribution >= 0.6 is 27.5 Å². The van der Waals surface area contributed by atoms with Crippen LogP contribution < -0.4 is 10.6 Å². The first-order valence-electron chi connectivity index (χ1n) is 7.31. The van der Waals surface area contributed by atoms with Crippen molar-refractivity contribution in [1.29, 1.82) is 0 Å². The summed E-state index contributed by atoms with van der Waals surface area (Å²) in [6, 6.07) is 11.1. The molecule has 0 saturated carbocycles. The van der Waals surface area contributed by atoms with E-state index >= 15 is 0 Å². The topological polar surface area (TPSA) is 105 Å². The predicted octanol–water partition coefficient (Wildman–Crippen LogP) is 3.39. The first kappa shape index (κ1) is 19.9. The summed E-state index contributed by atoms with van der Waals surface area (Å²) in [5, 5.41) is 14.4. The standard InChI is InChI=1S/C17H14BrClN2O5/c18-10-2-1-3-12(6-10)20-15(22)8-26-9-16(23)21-14-5-4-11(19)7-13(14)17(24)25/h1-7H,8-9H2,(H,20,22)(H,21,23)(H,24,25). The zero-order valence-electron chi connectivity index (χ0n) is 13.3. The number of hydrogen-bond donors (Lipinski definition) is 3. The molecule has 0 spiro atoms. The van der Waals surface area contributed by atoms with Crippen molar-refractivity contribution >= 4 is 56.7 Å². The molecule has 2 aromatic carbocycles. The van der Waals surface area contributed by atoms with E-state index in [2.05, 4.69) is 26.6 Å². The highest BCUT2D eigenvalue weighted by molar-refractivity contribution is 9.10. The van der Waals surface area contributed by atoms with Gasteiger partial charge < -0.3 is 20.5 Å². The molecule has 0 bridgehead atoms. The maximum absolute atomic E-state index is 11.9. The number of carboxylic acid groups (broad SMARTS) is 1. The van der Waals surface area contributed by atoms with Gasteiger partial charge in [0.25, 0.3) is 0 Å². The molecule has 3 N–H and O–H groups in total. The number of carbonyl (C=O) groups excluding carboxylic acids is 2. The minimum absolute atomic E-state index is 0.0917. The van der Waals surface area contributed by atoms with Crippen LogP contribution in [0.1, 0.15) is 10.4 Å². The summed E-state index contributed by atoms with van der Waals surface area (Å²) in [4.78, 5) is 34.8. The number of rotatable bonds is 7. The number of benzene rings is 2. The molecule has 2 aromatic rings. The summed E-state index contributed by atoms with van der Waals surface area (Å²) in [5.41, 5.74) is 0.539. The summed E-state index contributed by atoms with van der Waals surface area (Å²) >= 11 is 9.03. The molecular formula is C17H14BrClN2O5. The molecule has 0 atom stereocenters. The van der Waals surface area contributed by atoms with Crippen molar-refractivity contribution < 1.29 is 24.2 Å². The monoisotopic (exact) mass is 440 g/mol. The van der Waals surface area contributed by atoms with Gasteiger partial charge >= 0.3 is 5.97 Å². The number of ether oxygens (including phenoxy) is 1.